The molecule has 2 heterocycles. The van der Waals surface area contributed by atoms with Crippen LogP contribution in [-0.4, -0.2) is 17.2 Å². The molecule has 0 N–H and O–H groups in total. The number of ether oxygens (including phenoxy) is 1. The second-order valence-corrected chi connectivity index (χ2v) is 11.9. The molecule has 0 aromatic rings. The van der Waals surface area contributed by atoms with E-state index in [1.54, 1.807) is 0 Å². The summed E-state index contributed by atoms with van der Waals surface area (Å²) in [4.78, 5) is 26.0. The van der Waals surface area contributed by atoms with Crippen molar-refractivity contribution in [2.75, 3.05) is 0 Å². The van der Waals surface area contributed by atoms with Gasteiger partial charge in [-0.3, -0.25) is 0 Å². The Labute approximate surface area is 169 Å². The Bertz CT molecular complexity index is 964. The van der Waals surface area contributed by atoms with Crippen molar-refractivity contribution in [2.24, 2.45) is 52.8 Å². The maximum atomic E-state index is 13.2. The first-order chi connectivity index (χ1) is 13.6. The van der Waals surface area contributed by atoms with Gasteiger partial charge in [-0.15, -0.1) is 11.8 Å². The van der Waals surface area contributed by atoms with E-state index in [1.165, 1.54) is 37.7 Å². The number of hydrogen-bond acceptors (Lipinski definition) is 4. The van der Waals surface area contributed by atoms with Gasteiger partial charge in [0.25, 0.3) is 0 Å². The Morgan fingerprint density at radius 3 is 2.39 bits per heavy atom. The molecule has 28 heavy (non-hydrogen) atoms. The number of carbonyl (C=O) groups is 2. The zero-order valence-electron chi connectivity index (χ0n) is 16.0. The summed E-state index contributed by atoms with van der Waals surface area (Å²) in [5.41, 5.74) is 3.63. The smallest absolute Gasteiger partial charge is 0.346 e. The van der Waals surface area contributed by atoms with Gasteiger partial charge >= 0.3 is 11.9 Å². The van der Waals surface area contributed by atoms with Gasteiger partial charge in [0.05, 0.1) is 11.1 Å². The van der Waals surface area contributed by atoms with E-state index in [1.807, 2.05) is 18.7 Å². The van der Waals surface area contributed by atoms with Gasteiger partial charge in [-0.1, -0.05) is 6.08 Å². The summed E-state index contributed by atoms with van der Waals surface area (Å²) in [7, 11) is 0. The predicted octanol–water partition coefficient (Wildman–Crippen LogP) is 4.26. The van der Waals surface area contributed by atoms with E-state index in [9.17, 15) is 9.59 Å². The maximum absolute atomic E-state index is 13.2. The lowest BCUT2D eigenvalue weighted by atomic mass is 9.28. The first-order valence-electron chi connectivity index (χ1n) is 11.1. The third-order valence-corrected chi connectivity index (χ3v) is 11.8. The van der Waals surface area contributed by atoms with E-state index < -0.39 is 0 Å². The molecule has 10 rings (SSSR count). The topological polar surface area (TPSA) is 43.4 Å². The lowest BCUT2D eigenvalue weighted by Gasteiger charge is -2.76. The minimum atomic E-state index is -0.380. The lowest BCUT2D eigenvalue weighted by molar-refractivity contribution is -0.253. The predicted molar refractivity (Wildman–Crippen MR) is 105 cm³/mol. The Kier molecular flexibility index (Phi) is 2.53. The first kappa shape index (κ1) is 15.5. The highest BCUT2D eigenvalue weighted by Gasteiger charge is 2.76. The summed E-state index contributed by atoms with van der Waals surface area (Å²) in [6.07, 6.45) is 9.01. The van der Waals surface area contributed by atoms with Gasteiger partial charge in [-0.2, -0.15) is 0 Å². The van der Waals surface area contributed by atoms with Gasteiger partial charge in [-0.25, -0.2) is 9.59 Å². The van der Waals surface area contributed by atoms with Crippen LogP contribution < -0.4 is 0 Å². The van der Waals surface area contributed by atoms with E-state index in [0.29, 0.717) is 22.7 Å². The fraction of sp³-hybridized carbons (Fsp3) is 0.667. The monoisotopic (exact) mass is 392 g/mol. The molecule has 7 fully saturated rings. The molecule has 0 saturated heterocycles. The van der Waals surface area contributed by atoms with Gasteiger partial charge in [0.15, 0.2) is 0 Å². The number of thioether (sulfide) groups is 1. The Morgan fingerprint density at radius 1 is 0.964 bits per heavy atom. The summed E-state index contributed by atoms with van der Waals surface area (Å²) in [5.74, 6) is 5.67. The molecule has 10 aliphatic rings. The minimum Gasteiger partial charge on any atom is -0.386 e. The molecular formula is C24H24O3S. The summed E-state index contributed by atoms with van der Waals surface area (Å²) < 4.78 is 5.31. The highest BCUT2D eigenvalue weighted by atomic mass is 32.2. The molecule has 3 nitrogen and oxygen atoms in total. The molecule has 144 valence electrons. The van der Waals surface area contributed by atoms with Crippen LogP contribution >= 0.6 is 11.8 Å². The number of rotatable bonds is 0. The normalized spacial score (nSPS) is 56.4. The highest BCUT2D eigenvalue weighted by molar-refractivity contribution is 8.03. The Morgan fingerprint density at radius 2 is 1.64 bits per heavy atom. The van der Waals surface area contributed by atoms with Crippen molar-refractivity contribution >= 4 is 23.7 Å². The average Bonchev–Trinajstić information content (AvgIpc) is 3.29. The molecule has 7 saturated carbocycles. The second-order valence-electron chi connectivity index (χ2n) is 10.8. The zero-order chi connectivity index (χ0) is 18.5. The molecule has 8 bridgehead atoms. The quantitative estimate of drug-likeness (QED) is 0.456. The van der Waals surface area contributed by atoms with Gasteiger partial charge in [-0.05, 0) is 103 Å². The Balaban J connectivity index is 1.44. The maximum Gasteiger partial charge on any atom is 0.346 e. The van der Waals surface area contributed by atoms with Gasteiger partial charge in [0.1, 0.15) is 0 Å². The van der Waals surface area contributed by atoms with Crippen molar-refractivity contribution in [1.29, 1.82) is 0 Å². The van der Waals surface area contributed by atoms with Gasteiger partial charge in [0.2, 0.25) is 0 Å². The van der Waals surface area contributed by atoms with Crippen LogP contribution in [0.3, 0.4) is 0 Å². The van der Waals surface area contributed by atoms with Crippen molar-refractivity contribution in [3.63, 3.8) is 0 Å². The van der Waals surface area contributed by atoms with Crippen LogP contribution in [0, 0.1) is 52.8 Å². The molecule has 1 spiro atoms. The molecule has 4 unspecified atom stereocenters. The standard InChI is InChI=1S/C24H24O3S/c1-9-12-2-3-28-21(12)24(20-18(9)22(25)27-23(20)26)11-7-14-13-4-10-5-16(14)19(24)17(6-10)15(13)8-11/h2-3,10-11,13-17,19,21H,4-8H2,1H3/t10-,11?,13?,14-,15?,16-,17?,19+,21+,24+/m0/s1. The molecule has 10 atom stereocenters. The van der Waals surface area contributed by atoms with Crippen LogP contribution in [0.2, 0.25) is 0 Å². The number of hydrogen-bond donors (Lipinski definition) is 0. The van der Waals surface area contributed by atoms with Crippen molar-refractivity contribution < 1.29 is 14.3 Å². The molecule has 2 aliphatic heterocycles. The lowest BCUT2D eigenvalue weighted by Crippen LogP contribution is -2.72. The van der Waals surface area contributed by atoms with Crippen molar-refractivity contribution in [2.45, 2.75) is 44.3 Å². The third-order valence-electron chi connectivity index (χ3n) is 10.5. The SMILES string of the molecule is CC1=C2C=CS[C@H]2[C@]2(C3=C1C(=O)OC3=O)C1CC3C4C[C@@H]5CC3[C@H]2[C@@H](C5)[C@H]4C1. The molecule has 4 heteroatoms. The molecule has 0 radical (unpaired) electrons. The molecule has 0 aromatic heterocycles. The van der Waals surface area contributed by atoms with E-state index in [-0.39, 0.29) is 17.4 Å². The Hall–Kier alpha value is -1.29. The van der Waals surface area contributed by atoms with E-state index >= 15 is 0 Å². The molecular weight excluding hydrogens is 368 g/mol. The summed E-state index contributed by atoms with van der Waals surface area (Å²) in [6.45, 7) is 2.03. The van der Waals surface area contributed by atoms with Crippen LogP contribution in [0.15, 0.2) is 33.8 Å². The number of carbonyl (C=O) groups excluding carboxylic acids is 2. The first-order valence-corrected chi connectivity index (χ1v) is 12.1. The average molecular weight is 393 g/mol. The molecule has 0 aromatic carbocycles. The fourth-order valence-electron chi connectivity index (χ4n) is 10.3. The van der Waals surface area contributed by atoms with E-state index in [2.05, 4.69) is 11.5 Å². The van der Waals surface area contributed by atoms with Crippen LogP contribution in [0.25, 0.3) is 0 Å². The van der Waals surface area contributed by atoms with Crippen LogP contribution in [-0.2, 0) is 14.3 Å². The van der Waals surface area contributed by atoms with Crippen LogP contribution in [0.4, 0.5) is 0 Å². The molecule has 0 amide bonds. The molecule has 8 aliphatic carbocycles. The van der Waals surface area contributed by atoms with Crippen molar-refractivity contribution in [1.82, 2.24) is 0 Å². The summed E-state index contributed by atoms with van der Waals surface area (Å²) >= 11 is 1.92. The minimum absolute atomic E-state index is 0.156. The zero-order valence-corrected chi connectivity index (χ0v) is 16.8. The van der Waals surface area contributed by atoms with Crippen LogP contribution in [0.1, 0.15) is 39.0 Å². The number of fused-ring (bicyclic) bond motifs is 1. The highest BCUT2D eigenvalue weighted by Crippen LogP contribution is 2.80. The summed E-state index contributed by atoms with van der Waals surface area (Å²) in [6, 6.07) is 0. The van der Waals surface area contributed by atoms with Crippen LogP contribution in [0.5, 0.6) is 0 Å². The fourth-order valence-corrected chi connectivity index (χ4v) is 11.7. The van der Waals surface area contributed by atoms with E-state index in [4.69, 9.17) is 4.74 Å². The number of allylic oxidation sites excluding steroid dienone is 1. The third kappa shape index (κ3) is 1.37. The largest absolute Gasteiger partial charge is 0.386 e. The second kappa shape index (κ2) is 4.55. The van der Waals surface area contributed by atoms with Gasteiger partial charge < -0.3 is 4.74 Å². The van der Waals surface area contributed by atoms with Crippen molar-refractivity contribution in [3.8, 4) is 0 Å². The van der Waals surface area contributed by atoms with Crippen molar-refractivity contribution in [3.05, 3.63) is 33.8 Å². The number of esters is 2. The van der Waals surface area contributed by atoms with E-state index in [0.717, 1.165) is 46.7 Å². The van der Waals surface area contributed by atoms with Gasteiger partial charge in [0, 0.05) is 10.7 Å². The number of cyclic esters (lactones) is 2. The summed E-state index contributed by atoms with van der Waals surface area (Å²) in [5, 5.41) is 2.54.